The van der Waals surface area contributed by atoms with Crippen LogP contribution >= 0.6 is 11.6 Å². The lowest BCUT2D eigenvalue weighted by atomic mass is 10.2. The van der Waals surface area contributed by atoms with Gasteiger partial charge in [-0.1, -0.05) is 11.6 Å². The van der Waals surface area contributed by atoms with Crippen molar-refractivity contribution in [1.82, 2.24) is 20.3 Å². The van der Waals surface area contributed by atoms with E-state index in [1.54, 1.807) is 12.4 Å². The molecule has 2 rings (SSSR count). The summed E-state index contributed by atoms with van der Waals surface area (Å²) < 4.78 is 0. The number of H-pyrrole nitrogens is 1. The van der Waals surface area contributed by atoms with E-state index in [4.69, 9.17) is 11.6 Å². The lowest BCUT2D eigenvalue weighted by Crippen LogP contribution is -2.25. The number of aryl methyl sites for hydroxylation is 1. The summed E-state index contributed by atoms with van der Waals surface area (Å²) in [6.07, 6.45) is 5.76. The molecule has 9 heteroatoms. The van der Waals surface area contributed by atoms with E-state index in [0.29, 0.717) is 19.4 Å². The highest BCUT2D eigenvalue weighted by Crippen LogP contribution is 2.18. The average molecular weight is 310 g/mol. The maximum Gasteiger partial charge on any atom is 0.288 e. The fourth-order valence-corrected chi connectivity index (χ4v) is 1.87. The molecule has 0 aliphatic rings. The summed E-state index contributed by atoms with van der Waals surface area (Å²) in [5.41, 5.74) is -0.288. The van der Waals surface area contributed by atoms with Gasteiger partial charge in [0.05, 0.1) is 10.5 Å². The number of aromatic amines is 1. The van der Waals surface area contributed by atoms with E-state index in [1.807, 2.05) is 0 Å². The van der Waals surface area contributed by atoms with Crippen LogP contribution < -0.4 is 5.32 Å². The second-order valence-corrected chi connectivity index (χ2v) is 4.54. The van der Waals surface area contributed by atoms with Gasteiger partial charge in [0.15, 0.2) is 0 Å². The van der Waals surface area contributed by atoms with Crippen molar-refractivity contribution >= 4 is 23.2 Å². The zero-order chi connectivity index (χ0) is 15.2. The third kappa shape index (κ3) is 3.99. The normalized spacial score (nSPS) is 10.3. The number of halogens is 1. The van der Waals surface area contributed by atoms with E-state index in [9.17, 15) is 14.9 Å². The molecule has 2 aromatic heterocycles. The van der Waals surface area contributed by atoms with E-state index in [1.165, 1.54) is 0 Å². The van der Waals surface area contributed by atoms with Gasteiger partial charge in [-0.2, -0.15) is 0 Å². The Morgan fingerprint density at radius 2 is 2.29 bits per heavy atom. The Kier molecular flexibility index (Phi) is 4.83. The minimum atomic E-state index is -0.628. The van der Waals surface area contributed by atoms with Crippen LogP contribution in [0.3, 0.4) is 0 Å². The molecule has 2 heterocycles. The predicted octanol–water partition coefficient (Wildman–Crippen LogP) is 1.73. The van der Waals surface area contributed by atoms with Gasteiger partial charge in [-0.25, -0.2) is 9.97 Å². The molecular weight excluding hydrogens is 298 g/mol. The largest absolute Gasteiger partial charge is 0.352 e. The summed E-state index contributed by atoms with van der Waals surface area (Å²) in [4.78, 5) is 32.6. The molecule has 0 atom stereocenters. The summed E-state index contributed by atoms with van der Waals surface area (Å²) >= 11 is 5.78. The van der Waals surface area contributed by atoms with Crippen LogP contribution in [0.4, 0.5) is 5.69 Å². The Labute approximate surface area is 124 Å². The van der Waals surface area contributed by atoms with Gasteiger partial charge in [-0.05, 0) is 6.42 Å². The van der Waals surface area contributed by atoms with Gasteiger partial charge in [0.1, 0.15) is 17.2 Å². The number of nitrogens with one attached hydrogen (secondary N) is 2. The third-order valence-electron chi connectivity index (χ3n) is 2.71. The van der Waals surface area contributed by atoms with Crippen LogP contribution in [0, 0.1) is 10.1 Å². The number of amides is 1. The molecule has 0 aliphatic heterocycles. The zero-order valence-electron chi connectivity index (χ0n) is 10.9. The van der Waals surface area contributed by atoms with Crippen molar-refractivity contribution in [2.75, 3.05) is 6.54 Å². The molecule has 0 saturated heterocycles. The molecule has 21 heavy (non-hydrogen) atoms. The Morgan fingerprint density at radius 1 is 1.48 bits per heavy atom. The fraction of sp³-hybridized carbons (Fsp3) is 0.250. The summed E-state index contributed by atoms with van der Waals surface area (Å²) in [7, 11) is 0. The number of carbonyl (C=O) groups excluding carboxylic acids is 1. The topological polar surface area (TPSA) is 114 Å². The van der Waals surface area contributed by atoms with Gasteiger partial charge < -0.3 is 10.3 Å². The van der Waals surface area contributed by atoms with Gasteiger partial charge in [0, 0.05) is 31.4 Å². The molecule has 2 aromatic rings. The Balaban J connectivity index is 1.90. The molecule has 8 nitrogen and oxygen atoms in total. The van der Waals surface area contributed by atoms with Crippen molar-refractivity contribution in [1.29, 1.82) is 0 Å². The maximum atomic E-state index is 11.9. The zero-order valence-corrected chi connectivity index (χ0v) is 11.6. The van der Waals surface area contributed by atoms with E-state index < -0.39 is 10.8 Å². The summed E-state index contributed by atoms with van der Waals surface area (Å²) in [6.45, 7) is 0.401. The standard InChI is InChI=1S/C12H12ClN5O3/c13-11-9(6-8(7-17-11)18(20)21)12(19)16-3-1-2-10-14-4-5-15-10/h4-7H,1-3H2,(H,14,15)(H,16,19). The molecule has 0 aromatic carbocycles. The number of aromatic nitrogens is 3. The minimum absolute atomic E-state index is 0.0103. The third-order valence-corrected chi connectivity index (χ3v) is 3.01. The van der Waals surface area contributed by atoms with E-state index in [-0.39, 0.29) is 16.4 Å². The maximum absolute atomic E-state index is 11.9. The fourth-order valence-electron chi connectivity index (χ4n) is 1.68. The highest BCUT2D eigenvalue weighted by Gasteiger charge is 2.16. The molecule has 0 spiro atoms. The van der Waals surface area contributed by atoms with E-state index >= 15 is 0 Å². The van der Waals surface area contributed by atoms with E-state index in [0.717, 1.165) is 18.1 Å². The Hall–Kier alpha value is -2.48. The molecule has 0 unspecified atom stereocenters. The second kappa shape index (κ2) is 6.80. The number of hydrogen-bond acceptors (Lipinski definition) is 5. The first-order chi connectivity index (χ1) is 10.1. The lowest BCUT2D eigenvalue weighted by Gasteiger charge is -2.05. The molecule has 0 radical (unpaired) electrons. The first-order valence-electron chi connectivity index (χ1n) is 6.14. The number of nitrogens with zero attached hydrogens (tertiary/aromatic N) is 3. The number of carbonyl (C=O) groups is 1. The van der Waals surface area contributed by atoms with Gasteiger partial charge in [0.2, 0.25) is 0 Å². The van der Waals surface area contributed by atoms with Crippen molar-refractivity contribution in [3.05, 3.63) is 51.3 Å². The Bertz CT molecular complexity index is 644. The number of nitro groups is 1. The molecule has 0 aliphatic carbocycles. The molecule has 0 fully saturated rings. The van der Waals surface area contributed by atoms with Gasteiger partial charge in [-0.3, -0.25) is 14.9 Å². The molecule has 1 amide bonds. The van der Waals surface area contributed by atoms with Crippen LogP contribution in [0.25, 0.3) is 0 Å². The monoisotopic (exact) mass is 309 g/mol. The molecule has 110 valence electrons. The van der Waals surface area contributed by atoms with Crippen LogP contribution in [0.15, 0.2) is 24.7 Å². The number of imidazole rings is 1. The SMILES string of the molecule is O=C(NCCCc1ncc[nH]1)c1cc([N+](=O)[O-])cnc1Cl. The highest BCUT2D eigenvalue weighted by molar-refractivity contribution is 6.32. The quantitative estimate of drug-likeness (QED) is 0.365. The molecular formula is C12H12ClN5O3. The smallest absolute Gasteiger partial charge is 0.288 e. The van der Waals surface area contributed by atoms with Crippen molar-refractivity contribution in [2.45, 2.75) is 12.8 Å². The first kappa shape index (κ1) is 14.9. The number of hydrogen-bond donors (Lipinski definition) is 2. The van der Waals surface area contributed by atoms with Gasteiger partial charge in [-0.15, -0.1) is 0 Å². The summed E-state index contributed by atoms with van der Waals surface area (Å²) in [5.74, 6) is 0.343. The molecule has 0 saturated carbocycles. The van der Waals surface area contributed by atoms with Crippen molar-refractivity contribution in [2.24, 2.45) is 0 Å². The molecule has 2 N–H and O–H groups in total. The second-order valence-electron chi connectivity index (χ2n) is 4.18. The first-order valence-corrected chi connectivity index (χ1v) is 6.52. The van der Waals surface area contributed by atoms with Crippen LogP contribution in [0.2, 0.25) is 5.15 Å². The summed E-state index contributed by atoms with van der Waals surface area (Å²) in [6, 6.07) is 1.11. The predicted molar refractivity (Wildman–Crippen MR) is 75.1 cm³/mol. The van der Waals surface area contributed by atoms with Gasteiger partial charge >= 0.3 is 0 Å². The minimum Gasteiger partial charge on any atom is -0.352 e. The van der Waals surface area contributed by atoms with Crippen LogP contribution in [-0.4, -0.2) is 32.3 Å². The number of pyridine rings is 1. The average Bonchev–Trinajstić information content (AvgIpc) is 2.96. The van der Waals surface area contributed by atoms with Crippen molar-refractivity contribution < 1.29 is 9.72 Å². The summed E-state index contributed by atoms with van der Waals surface area (Å²) in [5, 5.41) is 13.2. The Morgan fingerprint density at radius 3 is 2.95 bits per heavy atom. The molecule has 0 bridgehead atoms. The lowest BCUT2D eigenvalue weighted by molar-refractivity contribution is -0.385. The van der Waals surface area contributed by atoms with Crippen LogP contribution in [-0.2, 0) is 6.42 Å². The van der Waals surface area contributed by atoms with Crippen molar-refractivity contribution in [3.63, 3.8) is 0 Å². The number of rotatable bonds is 6. The van der Waals surface area contributed by atoms with Gasteiger partial charge in [0.25, 0.3) is 11.6 Å². The van der Waals surface area contributed by atoms with Crippen molar-refractivity contribution in [3.8, 4) is 0 Å². The van der Waals surface area contributed by atoms with Crippen LogP contribution in [0.1, 0.15) is 22.6 Å². The van der Waals surface area contributed by atoms with Crippen LogP contribution in [0.5, 0.6) is 0 Å². The highest BCUT2D eigenvalue weighted by atomic mass is 35.5. The van der Waals surface area contributed by atoms with E-state index in [2.05, 4.69) is 20.3 Å².